The Bertz CT molecular complexity index is 315. The summed E-state index contributed by atoms with van der Waals surface area (Å²) >= 11 is 0. The second kappa shape index (κ2) is 3.75. The van der Waals surface area contributed by atoms with Crippen LogP contribution >= 0.6 is 0 Å². The van der Waals surface area contributed by atoms with E-state index in [0.29, 0.717) is 5.92 Å². The van der Waals surface area contributed by atoms with Crippen LogP contribution in [0.5, 0.6) is 0 Å². The Morgan fingerprint density at radius 1 is 1.23 bits per heavy atom. The normalized spacial score (nSPS) is 19.0. The maximum Gasteiger partial charge on any atom is 0.00277 e. The van der Waals surface area contributed by atoms with Gasteiger partial charge in [-0.3, -0.25) is 0 Å². The summed E-state index contributed by atoms with van der Waals surface area (Å²) in [4.78, 5) is 0. The summed E-state index contributed by atoms with van der Waals surface area (Å²) in [6.45, 7) is 0.798. The molecule has 0 saturated carbocycles. The highest BCUT2D eigenvalue weighted by atomic mass is 14.5. The lowest BCUT2D eigenvalue weighted by Crippen LogP contribution is -2.01. The number of nitrogens with two attached hydrogens (primary N) is 1. The fourth-order valence-electron chi connectivity index (χ4n) is 1.91. The summed E-state index contributed by atoms with van der Waals surface area (Å²) in [5.41, 5.74) is 8.35. The fraction of sp³-hybridized carbons (Fsp3) is 0.333. The fourth-order valence-corrected chi connectivity index (χ4v) is 1.91. The Labute approximate surface area is 79.3 Å². The zero-order chi connectivity index (χ0) is 9.10. The third-order valence-corrected chi connectivity index (χ3v) is 2.62. The minimum atomic E-state index is 0.611. The number of allylic oxidation sites excluding steroid dienone is 1. The zero-order valence-electron chi connectivity index (χ0n) is 7.74. The van der Waals surface area contributed by atoms with Crippen LogP contribution in [0.2, 0.25) is 0 Å². The van der Waals surface area contributed by atoms with Gasteiger partial charge in [-0.1, -0.05) is 36.4 Å². The van der Waals surface area contributed by atoms with Crippen molar-refractivity contribution in [2.75, 3.05) is 6.54 Å². The Hall–Kier alpha value is -1.08. The van der Waals surface area contributed by atoms with Crippen LogP contribution in [-0.2, 0) is 0 Å². The molecule has 68 valence electrons. The maximum atomic E-state index is 5.50. The quantitative estimate of drug-likeness (QED) is 0.746. The standard InChI is InChI=1S/C12H15N/c13-9-3-5-11-8-7-10-4-1-2-6-12(10)11/h1-2,4,6-8,11H,3,5,9,13H2. The van der Waals surface area contributed by atoms with Gasteiger partial charge in [0, 0.05) is 5.92 Å². The van der Waals surface area contributed by atoms with E-state index in [1.54, 1.807) is 0 Å². The summed E-state index contributed by atoms with van der Waals surface area (Å²) in [7, 11) is 0. The van der Waals surface area contributed by atoms with Crippen LogP contribution in [0.4, 0.5) is 0 Å². The molecule has 0 aliphatic heterocycles. The molecule has 2 rings (SSSR count). The predicted molar refractivity (Wildman–Crippen MR) is 56.5 cm³/mol. The predicted octanol–water partition coefficient (Wildman–Crippen LogP) is 2.54. The van der Waals surface area contributed by atoms with Gasteiger partial charge in [-0.2, -0.15) is 0 Å². The Morgan fingerprint density at radius 3 is 2.92 bits per heavy atom. The molecule has 1 aromatic rings. The molecule has 1 nitrogen and oxygen atoms in total. The van der Waals surface area contributed by atoms with Crippen LogP contribution in [0.15, 0.2) is 30.3 Å². The monoisotopic (exact) mass is 173 g/mol. The molecule has 1 heteroatoms. The maximum absolute atomic E-state index is 5.50. The summed E-state index contributed by atoms with van der Waals surface area (Å²) in [5.74, 6) is 0.611. The molecule has 1 unspecified atom stereocenters. The second-order valence-corrected chi connectivity index (χ2v) is 3.53. The highest BCUT2D eigenvalue weighted by Gasteiger charge is 2.15. The van der Waals surface area contributed by atoms with Crippen LogP contribution < -0.4 is 5.73 Å². The van der Waals surface area contributed by atoms with Crippen molar-refractivity contribution in [2.45, 2.75) is 18.8 Å². The van der Waals surface area contributed by atoms with Gasteiger partial charge in [0.2, 0.25) is 0 Å². The second-order valence-electron chi connectivity index (χ2n) is 3.53. The third kappa shape index (κ3) is 1.65. The number of benzene rings is 1. The lowest BCUT2D eigenvalue weighted by atomic mass is 9.96. The van der Waals surface area contributed by atoms with Crippen molar-refractivity contribution in [3.8, 4) is 0 Å². The molecule has 13 heavy (non-hydrogen) atoms. The van der Waals surface area contributed by atoms with Gasteiger partial charge in [-0.05, 0) is 30.5 Å². The Balaban J connectivity index is 2.14. The van der Waals surface area contributed by atoms with E-state index in [1.165, 1.54) is 17.5 Å². The molecule has 0 fully saturated rings. The largest absolute Gasteiger partial charge is 0.330 e. The first-order chi connectivity index (χ1) is 6.42. The average molecular weight is 173 g/mol. The Morgan fingerprint density at radius 2 is 2.08 bits per heavy atom. The molecule has 0 spiro atoms. The van der Waals surface area contributed by atoms with Gasteiger partial charge in [-0.25, -0.2) is 0 Å². The van der Waals surface area contributed by atoms with Gasteiger partial charge >= 0.3 is 0 Å². The number of fused-ring (bicyclic) bond motifs is 1. The molecular weight excluding hydrogens is 158 g/mol. The average Bonchev–Trinajstić information content (AvgIpc) is 2.58. The van der Waals surface area contributed by atoms with Crippen molar-refractivity contribution in [2.24, 2.45) is 5.73 Å². The summed E-state index contributed by atoms with van der Waals surface area (Å²) in [6, 6.07) is 8.60. The molecule has 0 saturated heterocycles. The number of hydrogen-bond donors (Lipinski definition) is 1. The SMILES string of the molecule is NCCCC1C=Cc2ccccc21. The van der Waals surface area contributed by atoms with E-state index in [4.69, 9.17) is 5.73 Å². The van der Waals surface area contributed by atoms with Crippen molar-refractivity contribution >= 4 is 6.08 Å². The molecule has 2 N–H and O–H groups in total. The molecule has 0 amide bonds. The summed E-state index contributed by atoms with van der Waals surface area (Å²) < 4.78 is 0. The highest BCUT2D eigenvalue weighted by molar-refractivity contribution is 5.62. The van der Waals surface area contributed by atoms with Gasteiger partial charge in [0.1, 0.15) is 0 Å². The van der Waals surface area contributed by atoms with Crippen molar-refractivity contribution in [3.05, 3.63) is 41.5 Å². The molecule has 1 aliphatic carbocycles. The molecular formula is C12H15N. The Kier molecular flexibility index (Phi) is 2.46. The first-order valence-corrected chi connectivity index (χ1v) is 4.89. The smallest absolute Gasteiger partial charge is 0.00277 e. The minimum Gasteiger partial charge on any atom is -0.330 e. The first-order valence-electron chi connectivity index (χ1n) is 4.89. The van der Waals surface area contributed by atoms with E-state index >= 15 is 0 Å². The highest BCUT2D eigenvalue weighted by Crippen LogP contribution is 2.32. The summed E-state index contributed by atoms with van der Waals surface area (Å²) in [5, 5.41) is 0. The van der Waals surface area contributed by atoms with Crippen LogP contribution in [0.3, 0.4) is 0 Å². The lowest BCUT2D eigenvalue weighted by Gasteiger charge is -2.09. The number of hydrogen-bond acceptors (Lipinski definition) is 1. The molecule has 0 radical (unpaired) electrons. The minimum absolute atomic E-state index is 0.611. The van der Waals surface area contributed by atoms with Crippen LogP contribution in [0.1, 0.15) is 29.9 Å². The van der Waals surface area contributed by atoms with Gasteiger partial charge in [-0.15, -0.1) is 0 Å². The first kappa shape index (κ1) is 8.52. The lowest BCUT2D eigenvalue weighted by molar-refractivity contribution is 0.691. The molecule has 1 atom stereocenters. The van der Waals surface area contributed by atoms with E-state index in [0.717, 1.165) is 13.0 Å². The van der Waals surface area contributed by atoms with E-state index in [9.17, 15) is 0 Å². The van der Waals surface area contributed by atoms with Crippen LogP contribution in [0, 0.1) is 0 Å². The van der Waals surface area contributed by atoms with E-state index < -0.39 is 0 Å². The topological polar surface area (TPSA) is 26.0 Å². The van der Waals surface area contributed by atoms with Crippen molar-refractivity contribution in [1.29, 1.82) is 0 Å². The van der Waals surface area contributed by atoms with Gasteiger partial charge in [0.05, 0.1) is 0 Å². The van der Waals surface area contributed by atoms with Gasteiger partial charge in [0.25, 0.3) is 0 Å². The third-order valence-electron chi connectivity index (χ3n) is 2.62. The van der Waals surface area contributed by atoms with Crippen molar-refractivity contribution < 1.29 is 0 Å². The number of rotatable bonds is 3. The molecule has 0 aromatic heterocycles. The van der Waals surface area contributed by atoms with Crippen LogP contribution in [-0.4, -0.2) is 6.54 Å². The molecule has 1 aliphatic rings. The van der Waals surface area contributed by atoms with Crippen molar-refractivity contribution in [3.63, 3.8) is 0 Å². The molecule has 1 aromatic carbocycles. The van der Waals surface area contributed by atoms with E-state index in [1.807, 2.05) is 0 Å². The molecule has 0 heterocycles. The molecule has 0 bridgehead atoms. The van der Waals surface area contributed by atoms with Crippen LogP contribution in [0.25, 0.3) is 6.08 Å². The zero-order valence-corrected chi connectivity index (χ0v) is 7.74. The summed E-state index contributed by atoms with van der Waals surface area (Å²) in [6.07, 6.45) is 6.81. The van der Waals surface area contributed by atoms with E-state index in [-0.39, 0.29) is 0 Å². The van der Waals surface area contributed by atoms with Gasteiger partial charge < -0.3 is 5.73 Å². The van der Waals surface area contributed by atoms with Crippen molar-refractivity contribution in [1.82, 2.24) is 0 Å². The van der Waals surface area contributed by atoms with E-state index in [2.05, 4.69) is 36.4 Å². The van der Waals surface area contributed by atoms with Gasteiger partial charge in [0.15, 0.2) is 0 Å².